The van der Waals surface area contributed by atoms with Crippen LogP contribution in [0.3, 0.4) is 0 Å². The molecular formula is C17H21N3O5. The van der Waals surface area contributed by atoms with Crippen molar-refractivity contribution < 1.29 is 23.9 Å². The predicted octanol–water partition coefficient (Wildman–Crippen LogP) is 1.12. The van der Waals surface area contributed by atoms with E-state index in [2.05, 4.69) is 15.4 Å². The van der Waals surface area contributed by atoms with Gasteiger partial charge in [0.2, 0.25) is 5.91 Å². The molecule has 0 heterocycles. The lowest BCUT2D eigenvalue weighted by atomic mass is 9.99. The predicted molar refractivity (Wildman–Crippen MR) is 88.0 cm³/mol. The van der Waals surface area contributed by atoms with Crippen LogP contribution in [0, 0.1) is 17.2 Å². The monoisotopic (exact) mass is 347 g/mol. The standard InChI is InChI=1S/C17H21N3O5/c1-12(8-9-18)15(16(22)24-2)20-14(21)10-19-17(23)25-11-13-6-4-3-5-7-13/h3-7,12,15H,8,10-11H2,1-2H3,(H,19,23)(H,20,21)/t12-,15+/m0/s1. The molecule has 0 saturated carbocycles. The van der Waals surface area contributed by atoms with Gasteiger partial charge >= 0.3 is 12.1 Å². The van der Waals surface area contributed by atoms with Crippen molar-refractivity contribution in [3.8, 4) is 6.07 Å². The first-order valence-electron chi connectivity index (χ1n) is 7.66. The number of ether oxygens (including phenoxy) is 2. The molecule has 2 N–H and O–H groups in total. The molecule has 2 amide bonds. The second-order valence-corrected chi connectivity index (χ2v) is 5.32. The second kappa shape index (κ2) is 10.6. The number of alkyl carbamates (subject to hydrolysis) is 1. The molecule has 0 bridgehead atoms. The van der Waals surface area contributed by atoms with E-state index in [0.29, 0.717) is 0 Å². The van der Waals surface area contributed by atoms with Crippen molar-refractivity contribution in [2.24, 2.45) is 5.92 Å². The summed E-state index contributed by atoms with van der Waals surface area (Å²) in [5.74, 6) is -1.66. The minimum atomic E-state index is -0.959. The number of nitrogens with one attached hydrogen (secondary N) is 2. The van der Waals surface area contributed by atoms with Gasteiger partial charge in [0.15, 0.2) is 0 Å². The summed E-state index contributed by atoms with van der Waals surface area (Å²) in [5, 5.41) is 13.5. The summed E-state index contributed by atoms with van der Waals surface area (Å²) in [6.45, 7) is 1.37. The molecule has 0 saturated heterocycles. The van der Waals surface area contributed by atoms with Crippen molar-refractivity contribution in [3.63, 3.8) is 0 Å². The lowest BCUT2D eigenvalue weighted by Gasteiger charge is -2.21. The van der Waals surface area contributed by atoms with Gasteiger partial charge in [-0.25, -0.2) is 9.59 Å². The Labute approximate surface area is 146 Å². The summed E-state index contributed by atoms with van der Waals surface area (Å²) < 4.78 is 9.59. The Bertz CT molecular complexity index is 627. The fraction of sp³-hybridized carbons (Fsp3) is 0.412. The zero-order chi connectivity index (χ0) is 18.7. The zero-order valence-corrected chi connectivity index (χ0v) is 14.2. The maximum atomic E-state index is 11.9. The molecule has 25 heavy (non-hydrogen) atoms. The molecule has 0 aliphatic rings. The topological polar surface area (TPSA) is 118 Å². The van der Waals surface area contributed by atoms with Crippen LogP contribution in [0.2, 0.25) is 0 Å². The number of rotatable bonds is 8. The van der Waals surface area contributed by atoms with E-state index in [4.69, 9.17) is 10.00 Å². The van der Waals surface area contributed by atoms with Crippen LogP contribution < -0.4 is 10.6 Å². The average molecular weight is 347 g/mol. The number of nitrogens with zero attached hydrogens (tertiary/aromatic N) is 1. The molecule has 2 atom stereocenters. The molecule has 0 unspecified atom stereocenters. The maximum absolute atomic E-state index is 11.9. The molecule has 134 valence electrons. The first-order chi connectivity index (χ1) is 12.0. The minimum Gasteiger partial charge on any atom is -0.467 e. The van der Waals surface area contributed by atoms with Crippen molar-refractivity contribution in [3.05, 3.63) is 35.9 Å². The van der Waals surface area contributed by atoms with E-state index < -0.39 is 29.9 Å². The number of hydrogen-bond acceptors (Lipinski definition) is 6. The van der Waals surface area contributed by atoms with Crippen molar-refractivity contribution >= 4 is 18.0 Å². The summed E-state index contributed by atoms with van der Waals surface area (Å²) in [6.07, 6.45) is -0.675. The van der Waals surface area contributed by atoms with E-state index in [1.165, 1.54) is 7.11 Å². The molecule has 1 rings (SSSR count). The molecule has 0 aromatic heterocycles. The number of esters is 1. The van der Waals surface area contributed by atoms with E-state index in [0.717, 1.165) is 5.56 Å². The molecule has 0 aliphatic carbocycles. The number of hydrogen-bond donors (Lipinski definition) is 2. The van der Waals surface area contributed by atoms with Gasteiger partial charge in [0, 0.05) is 12.3 Å². The van der Waals surface area contributed by atoms with Crippen molar-refractivity contribution in [1.29, 1.82) is 5.26 Å². The number of methoxy groups -OCH3 is 1. The quantitative estimate of drug-likeness (QED) is 0.681. The Hall–Kier alpha value is -3.08. The largest absolute Gasteiger partial charge is 0.467 e. The second-order valence-electron chi connectivity index (χ2n) is 5.32. The number of benzene rings is 1. The van der Waals surface area contributed by atoms with Gasteiger partial charge in [0.1, 0.15) is 19.2 Å². The highest BCUT2D eigenvalue weighted by Gasteiger charge is 2.27. The molecule has 0 fully saturated rings. The van der Waals surface area contributed by atoms with E-state index >= 15 is 0 Å². The van der Waals surface area contributed by atoms with Gasteiger partial charge in [-0.2, -0.15) is 5.26 Å². The van der Waals surface area contributed by atoms with Gasteiger partial charge in [0.05, 0.1) is 13.2 Å². The Morgan fingerprint density at radius 3 is 2.52 bits per heavy atom. The molecule has 1 aromatic rings. The fourth-order valence-electron chi connectivity index (χ4n) is 1.97. The van der Waals surface area contributed by atoms with E-state index in [9.17, 15) is 14.4 Å². The molecule has 1 aromatic carbocycles. The summed E-state index contributed by atoms with van der Waals surface area (Å²) in [5.41, 5.74) is 0.818. The molecule has 0 radical (unpaired) electrons. The minimum absolute atomic E-state index is 0.0760. The van der Waals surface area contributed by atoms with Gasteiger partial charge in [0.25, 0.3) is 0 Å². The van der Waals surface area contributed by atoms with Crippen LogP contribution in [-0.2, 0) is 25.7 Å². The normalized spacial score (nSPS) is 12.2. The highest BCUT2D eigenvalue weighted by molar-refractivity contribution is 5.87. The number of carbonyl (C=O) groups is 3. The average Bonchev–Trinajstić information content (AvgIpc) is 2.63. The summed E-state index contributed by atoms with van der Waals surface area (Å²) in [4.78, 5) is 35.2. The lowest BCUT2D eigenvalue weighted by Crippen LogP contribution is -2.49. The highest BCUT2D eigenvalue weighted by atomic mass is 16.5. The third-order valence-electron chi connectivity index (χ3n) is 3.36. The molecule has 8 nitrogen and oxygen atoms in total. The molecule has 8 heteroatoms. The Kier molecular flexibility index (Phi) is 8.50. The van der Waals surface area contributed by atoms with Crippen molar-refractivity contribution in [2.75, 3.05) is 13.7 Å². The van der Waals surface area contributed by atoms with Gasteiger partial charge in [-0.15, -0.1) is 0 Å². The lowest BCUT2D eigenvalue weighted by molar-refractivity contribution is -0.146. The summed E-state index contributed by atoms with van der Waals surface area (Å²) in [7, 11) is 1.19. The van der Waals surface area contributed by atoms with Crippen molar-refractivity contribution in [1.82, 2.24) is 10.6 Å². The van der Waals surface area contributed by atoms with Crippen LogP contribution in [0.25, 0.3) is 0 Å². The fourth-order valence-corrected chi connectivity index (χ4v) is 1.97. The highest BCUT2D eigenvalue weighted by Crippen LogP contribution is 2.09. The third kappa shape index (κ3) is 7.35. The van der Waals surface area contributed by atoms with Gasteiger partial charge < -0.3 is 20.1 Å². The van der Waals surface area contributed by atoms with Crippen LogP contribution >= 0.6 is 0 Å². The zero-order valence-electron chi connectivity index (χ0n) is 14.2. The van der Waals surface area contributed by atoms with Crippen LogP contribution in [0.4, 0.5) is 4.79 Å². The number of nitriles is 1. The summed E-state index contributed by atoms with van der Waals surface area (Å²) >= 11 is 0. The first-order valence-corrected chi connectivity index (χ1v) is 7.66. The number of carbonyl (C=O) groups excluding carboxylic acids is 3. The Balaban J connectivity index is 2.42. The summed E-state index contributed by atoms with van der Waals surface area (Å²) in [6, 6.07) is 10.1. The molecule has 0 aliphatic heterocycles. The first kappa shape index (κ1) is 20.0. The third-order valence-corrected chi connectivity index (χ3v) is 3.36. The van der Waals surface area contributed by atoms with Crippen LogP contribution in [0.15, 0.2) is 30.3 Å². The van der Waals surface area contributed by atoms with E-state index in [-0.39, 0.29) is 19.6 Å². The van der Waals surface area contributed by atoms with Gasteiger partial charge in [-0.05, 0) is 5.56 Å². The number of amides is 2. The SMILES string of the molecule is COC(=O)[C@H](NC(=O)CNC(=O)OCc1ccccc1)[C@@H](C)CC#N. The van der Waals surface area contributed by atoms with Crippen LogP contribution in [-0.4, -0.2) is 37.7 Å². The van der Waals surface area contributed by atoms with Gasteiger partial charge in [-0.1, -0.05) is 37.3 Å². The van der Waals surface area contributed by atoms with E-state index in [1.54, 1.807) is 19.1 Å². The van der Waals surface area contributed by atoms with E-state index in [1.807, 2.05) is 24.3 Å². The molecule has 0 spiro atoms. The molecular weight excluding hydrogens is 326 g/mol. The van der Waals surface area contributed by atoms with Crippen molar-refractivity contribution in [2.45, 2.75) is 26.0 Å². The smallest absolute Gasteiger partial charge is 0.407 e. The Morgan fingerprint density at radius 2 is 1.92 bits per heavy atom. The Morgan fingerprint density at radius 1 is 1.24 bits per heavy atom. The maximum Gasteiger partial charge on any atom is 0.407 e. The van der Waals surface area contributed by atoms with Crippen LogP contribution in [0.1, 0.15) is 18.9 Å². The van der Waals surface area contributed by atoms with Gasteiger partial charge in [-0.3, -0.25) is 4.79 Å². The van der Waals surface area contributed by atoms with Crippen LogP contribution in [0.5, 0.6) is 0 Å².